The van der Waals surface area contributed by atoms with Gasteiger partial charge >= 0.3 is 0 Å². The third kappa shape index (κ3) is 3.41. The molecule has 144 valence electrons. The summed E-state index contributed by atoms with van der Waals surface area (Å²) < 4.78 is 12.0. The Labute approximate surface area is 169 Å². The summed E-state index contributed by atoms with van der Waals surface area (Å²) in [4.78, 5) is 19.0. The maximum Gasteiger partial charge on any atom is 0.231 e. The van der Waals surface area contributed by atoms with E-state index in [0.717, 1.165) is 23.4 Å². The molecule has 0 atom stereocenters. The van der Waals surface area contributed by atoms with Crippen LogP contribution in [-0.2, 0) is 13.1 Å². The van der Waals surface area contributed by atoms with Crippen molar-refractivity contribution in [3.63, 3.8) is 0 Å². The maximum atomic E-state index is 12.8. The van der Waals surface area contributed by atoms with E-state index in [-0.39, 0.29) is 5.78 Å². The zero-order chi connectivity index (χ0) is 19.8. The smallest absolute Gasteiger partial charge is 0.231 e. The summed E-state index contributed by atoms with van der Waals surface area (Å²) in [7, 11) is 0. The van der Waals surface area contributed by atoms with Crippen molar-refractivity contribution in [2.75, 3.05) is 6.73 Å². The average Bonchev–Trinajstić information content (AvgIpc) is 3.06. The molecule has 0 aliphatic carbocycles. The molecule has 0 spiro atoms. The SMILES string of the molecule is Cc1ccc(CN2COc3ccc4c(c3C2)O/C(=C\c2ccncc2)C4=O)cc1. The standard InChI is InChI=1S/C24H20N2O3/c1-16-2-4-18(5-3-16)13-26-14-20-21(28-15-26)7-6-19-23(27)22(29-24(19)20)12-17-8-10-25-11-9-17/h2-12H,13-15H2,1H3/b22-12-. The van der Waals surface area contributed by atoms with Crippen molar-refractivity contribution in [3.05, 3.63) is 94.5 Å². The van der Waals surface area contributed by atoms with Gasteiger partial charge in [-0.15, -0.1) is 0 Å². The molecule has 3 aromatic rings. The van der Waals surface area contributed by atoms with Crippen LogP contribution >= 0.6 is 0 Å². The predicted octanol–water partition coefficient (Wildman–Crippen LogP) is 4.36. The van der Waals surface area contributed by atoms with Crippen LogP contribution in [0, 0.1) is 6.92 Å². The van der Waals surface area contributed by atoms with Crippen LogP contribution < -0.4 is 9.47 Å². The molecule has 0 unspecified atom stereocenters. The predicted molar refractivity (Wildman–Crippen MR) is 110 cm³/mol. The number of carbonyl (C=O) groups is 1. The number of ether oxygens (including phenoxy) is 2. The van der Waals surface area contributed by atoms with Gasteiger partial charge in [-0.05, 0) is 48.4 Å². The lowest BCUT2D eigenvalue weighted by Gasteiger charge is -2.29. The van der Waals surface area contributed by atoms with Crippen molar-refractivity contribution in [1.29, 1.82) is 0 Å². The molecular weight excluding hydrogens is 364 g/mol. The summed E-state index contributed by atoms with van der Waals surface area (Å²) in [6.07, 6.45) is 5.14. The van der Waals surface area contributed by atoms with Crippen LogP contribution in [-0.4, -0.2) is 22.4 Å². The normalized spacial score (nSPS) is 16.9. The van der Waals surface area contributed by atoms with Gasteiger partial charge in [-0.25, -0.2) is 0 Å². The summed E-state index contributed by atoms with van der Waals surface area (Å²) >= 11 is 0. The highest BCUT2D eigenvalue weighted by molar-refractivity contribution is 6.15. The number of benzene rings is 2. The molecule has 5 nitrogen and oxygen atoms in total. The minimum Gasteiger partial charge on any atom is -0.478 e. The molecule has 0 amide bonds. The molecule has 2 aliphatic heterocycles. The van der Waals surface area contributed by atoms with Crippen molar-refractivity contribution in [1.82, 2.24) is 9.88 Å². The fraction of sp³-hybridized carbons (Fsp3) is 0.167. The van der Waals surface area contributed by atoms with Gasteiger partial charge in [0.15, 0.2) is 5.76 Å². The molecule has 5 heteroatoms. The average molecular weight is 384 g/mol. The molecule has 2 aromatic carbocycles. The largest absolute Gasteiger partial charge is 0.478 e. The van der Waals surface area contributed by atoms with Gasteiger partial charge in [0.1, 0.15) is 18.2 Å². The van der Waals surface area contributed by atoms with E-state index >= 15 is 0 Å². The molecular formula is C24H20N2O3. The first-order valence-electron chi connectivity index (χ1n) is 9.58. The van der Waals surface area contributed by atoms with Crippen LogP contribution in [0.3, 0.4) is 0 Å². The Balaban J connectivity index is 1.42. The number of aryl methyl sites for hydroxylation is 1. The number of Topliss-reactive ketones (excluding diaryl/α,β-unsaturated/α-hetero) is 1. The minimum absolute atomic E-state index is 0.102. The molecule has 2 aliphatic rings. The third-order valence-electron chi connectivity index (χ3n) is 5.21. The van der Waals surface area contributed by atoms with Gasteiger partial charge in [-0.3, -0.25) is 14.7 Å². The van der Waals surface area contributed by atoms with Crippen molar-refractivity contribution in [3.8, 4) is 11.5 Å². The van der Waals surface area contributed by atoms with E-state index in [1.54, 1.807) is 24.5 Å². The maximum absolute atomic E-state index is 12.8. The Morgan fingerprint density at radius 3 is 2.66 bits per heavy atom. The van der Waals surface area contributed by atoms with Crippen LogP contribution in [0.15, 0.2) is 66.7 Å². The van der Waals surface area contributed by atoms with Gasteiger partial charge in [0.25, 0.3) is 0 Å². The van der Waals surface area contributed by atoms with Crippen molar-refractivity contribution >= 4 is 11.9 Å². The minimum atomic E-state index is -0.102. The fourth-order valence-corrected chi connectivity index (χ4v) is 3.67. The second kappa shape index (κ2) is 7.18. The monoisotopic (exact) mass is 384 g/mol. The number of allylic oxidation sites excluding steroid dienone is 1. The number of fused-ring (bicyclic) bond motifs is 3. The fourth-order valence-electron chi connectivity index (χ4n) is 3.67. The van der Waals surface area contributed by atoms with Gasteiger partial charge in [0, 0.05) is 25.5 Å². The highest BCUT2D eigenvalue weighted by Gasteiger charge is 2.33. The Bertz CT molecular complexity index is 1100. The molecule has 3 heterocycles. The first-order chi connectivity index (χ1) is 14.2. The number of rotatable bonds is 3. The van der Waals surface area contributed by atoms with Crippen LogP contribution in [0.25, 0.3) is 6.08 Å². The summed E-state index contributed by atoms with van der Waals surface area (Å²) in [5.74, 6) is 1.62. The van der Waals surface area contributed by atoms with E-state index < -0.39 is 0 Å². The molecule has 0 saturated carbocycles. The van der Waals surface area contributed by atoms with Gasteiger partial charge in [0.05, 0.1) is 11.1 Å². The van der Waals surface area contributed by atoms with Crippen molar-refractivity contribution in [2.24, 2.45) is 0 Å². The van der Waals surface area contributed by atoms with Gasteiger partial charge in [-0.1, -0.05) is 29.8 Å². The van der Waals surface area contributed by atoms with E-state index in [9.17, 15) is 4.79 Å². The van der Waals surface area contributed by atoms with Gasteiger partial charge in [0.2, 0.25) is 5.78 Å². The van der Waals surface area contributed by atoms with Gasteiger partial charge < -0.3 is 9.47 Å². The number of nitrogens with zero attached hydrogens (tertiary/aromatic N) is 2. The van der Waals surface area contributed by atoms with Crippen LogP contribution in [0.2, 0.25) is 0 Å². The molecule has 0 radical (unpaired) electrons. The van der Waals surface area contributed by atoms with Crippen molar-refractivity contribution < 1.29 is 14.3 Å². The molecule has 29 heavy (non-hydrogen) atoms. The molecule has 1 aromatic heterocycles. The first-order valence-corrected chi connectivity index (χ1v) is 9.58. The topological polar surface area (TPSA) is 51.7 Å². The lowest BCUT2D eigenvalue weighted by molar-refractivity contribution is 0.0873. The van der Waals surface area contributed by atoms with Crippen LogP contribution in [0.5, 0.6) is 11.5 Å². The number of hydrogen-bond donors (Lipinski definition) is 0. The van der Waals surface area contributed by atoms with E-state index in [2.05, 4.69) is 41.1 Å². The second-order valence-corrected chi connectivity index (χ2v) is 7.39. The second-order valence-electron chi connectivity index (χ2n) is 7.39. The van der Waals surface area contributed by atoms with Crippen LogP contribution in [0.4, 0.5) is 0 Å². The zero-order valence-electron chi connectivity index (χ0n) is 16.1. The number of pyridine rings is 1. The summed E-state index contributed by atoms with van der Waals surface area (Å²) in [5, 5.41) is 0. The summed E-state index contributed by atoms with van der Waals surface area (Å²) in [6, 6.07) is 15.8. The first kappa shape index (κ1) is 17.6. The molecule has 0 fully saturated rings. The Kier molecular flexibility index (Phi) is 4.37. The van der Waals surface area contributed by atoms with E-state index in [0.29, 0.717) is 30.3 Å². The zero-order valence-corrected chi connectivity index (χ0v) is 16.1. The van der Waals surface area contributed by atoms with E-state index in [4.69, 9.17) is 9.47 Å². The Morgan fingerprint density at radius 2 is 1.86 bits per heavy atom. The van der Waals surface area contributed by atoms with Gasteiger partial charge in [-0.2, -0.15) is 0 Å². The molecule has 0 N–H and O–H groups in total. The lowest BCUT2D eigenvalue weighted by Crippen LogP contribution is -2.31. The highest BCUT2D eigenvalue weighted by Crippen LogP contribution is 2.42. The molecule has 0 bridgehead atoms. The third-order valence-corrected chi connectivity index (χ3v) is 5.21. The quantitative estimate of drug-likeness (QED) is 0.628. The number of aromatic nitrogens is 1. The number of ketones is 1. The Hall–Kier alpha value is -3.44. The number of carbonyl (C=O) groups excluding carboxylic acids is 1. The van der Waals surface area contributed by atoms with E-state index in [1.807, 2.05) is 18.2 Å². The van der Waals surface area contributed by atoms with Crippen LogP contribution in [0.1, 0.15) is 32.6 Å². The number of hydrogen-bond acceptors (Lipinski definition) is 5. The summed E-state index contributed by atoms with van der Waals surface area (Å²) in [6.45, 7) is 4.03. The summed E-state index contributed by atoms with van der Waals surface area (Å²) in [5.41, 5.74) is 4.86. The Morgan fingerprint density at radius 1 is 1.07 bits per heavy atom. The molecule has 5 rings (SSSR count). The van der Waals surface area contributed by atoms with Crippen molar-refractivity contribution in [2.45, 2.75) is 20.0 Å². The highest BCUT2D eigenvalue weighted by atomic mass is 16.5. The lowest BCUT2D eigenvalue weighted by atomic mass is 10.0. The molecule has 0 saturated heterocycles. The van der Waals surface area contributed by atoms with E-state index in [1.165, 1.54) is 11.1 Å².